The van der Waals surface area contributed by atoms with E-state index in [2.05, 4.69) is 31.3 Å². The third-order valence-electron chi connectivity index (χ3n) is 2.79. The van der Waals surface area contributed by atoms with Crippen LogP contribution in [0, 0.1) is 5.41 Å². The molecule has 0 fully saturated rings. The Kier molecular flexibility index (Phi) is 5.16. The molecule has 0 amide bonds. The third kappa shape index (κ3) is 6.07. The van der Waals surface area contributed by atoms with Gasteiger partial charge in [-0.2, -0.15) is 0 Å². The number of carboxylic acids is 1. The predicted molar refractivity (Wildman–Crippen MR) is 68.8 cm³/mol. The van der Waals surface area contributed by atoms with Crippen LogP contribution < -0.4 is 5.32 Å². The first kappa shape index (κ1) is 13.7. The molecule has 3 nitrogen and oxygen atoms in total. The van der Waals surface area contributed by atoms with Gasteiger partial charge in [0.2, 0.25) is 0 Å². The van der Waals surface area contributed by atoms with Crippen LogP contribution in [-0.4, -0.2) is 17.6 Å². The highest BCUT2D eigenvalue weighted by Gasteiger charge is 2.18. The van der Waals surface area contributed by atoms with E-state index in [0.717, 1.165) is 13.1 Å². The molecule has 2 N–H and O–H groups in total. The summed E-state index contributed by atoms with van der Waals surface area (Å²) in [6, 6.07) is 10.2. The largest absolute Gasteiger partial charge is 0.481 e. The zero-order chi connectivity index (χ0) is 12.7. The predicted octanol–water partition coefficient (Wildman–Crippen LogP) is 2.67. The zero-order valence-electron chi connectivity index (χ0n) is 10.6. The summed E-state index contributed by atoms with van der Waals surface area (Å²) in [5.41, 5.74) is 1.27. The Balaban J connectivity index is 2.27. The van der Waals surface area contributed by atoms with Crippen LogP contribution >= 0.6 is 0 Å². The minimum atomic E-state index is -0.721. The number of hydrogen-bond acceptors (Lipinski definition) is 2. The molecular formula is C14H21NO2. The molecule has 0 aliphatic carbocycles. The molecule has 1 aromatic rings. The van der Waals surface area contributed by atoms with Crippen molar-refractivity contribution in [3.63, 3.8) is 0 Å². The summed E-state index contributed by atoms with van der Waals surface area (Å²) < 4.78 is 0. The molecule has 17 heavy (non-hydrogen) atoms. The van der Waals surface area contributed by atoms with Crippen molar-refractivity contribution in [1.29, 1.82) is 0 Å². The molecule has 1 rings (SSSR count). The Morgan fingerprint density at radius 3 is 2.53 bits per heavy atom. The van der Waals surface area contributed by atoms with Gasteiger partial charge in [-0.05, 0) is 17.4 Å². The summed E-state index contributed by atoms with van der Waals surface area (Å²) in [6.07, 6.45) is 0.935. The maximum Gasteiger partial charge on any atom is 0.303 e. The van der Waals surface area contributed by atoms with E-state index in [0.29, 0.717) is 6.42 Å². The molecule has 3 heteroatoms. The SMILES string of the molecule is CC(C)(CCC(=O)O)CNCc1ccccc1. The molecule has 0 atom stereocenters. The quantitative estimate of drug-likeness (QED) is 0.764. The summed E-state index contributed by atoms with van der Waals surface area (Å²) in [5, 5.41) is 12.0. The molecule has 0 spiro atoms. The molecule has 0 aliphatic rings. The zero-order valence-corrected chi connectivity index (χ0v) is 10.6. The van der Waals surface area contributed by atoms with Crippen LogP contribution in [0.3, 0.4) is 0 Å². The molecule has 0 aliphatic heterocycles. The second-order valence-corrected chi connectivity index (χ2v) is 5.15. The molecule has 0 radical (unpaired) electrons. The van der Waals surface area contributed by atoms with Crippen molar-refractivity contribution >= 4 is 5.97 Å². The highest BCUT2D eigenvalue weighted by molar-refractivity contribution is 5.66. The first-order chi connectivity index (χ1) is 7.99. The van der Waals surface area contributed by atoms with Crippen molar-refractivity contribution in [3.8, 4) is 0 Å². The van der Waals surface area contributed by atoms with Crippen LogP contribution in [0.4, 0.5) is 0 Å². The third-order valence-corrected chi connectivity index (χ3v) is 2.79. The summed E-state index contributed by atoms with van der Waals surface area (Å²) in [5.74, 6) is -0.721. The van der Waals surface area contributed by atoms with Crippen molar-refractivity contribution in [2.75, 3.05) is 6.54 Å². The standard InChI is InChI=1S/C14H21NO2/c1-14(2,9-8-13(16)17)11-15-10-12-6-4-3-5-7-12/h3-7,15H,8-11H2,1-2H3,(H,16,17). The lowest BCUT2D eigenvalue weighted by molar-refractivity contribution is -0.137. The van der Waals surface area contributed by atoms with Crippen molar-refractivity contribution in [2.45, 2.75) is 33.2 Å². The van der Waals surface area contributed by atoms with Crippen LogP contribution in [0.15, 0.2) is 30.3 Å². The first-order valence-electron chi connectivity index (χ1n) is 5.96. The van der Waals surface area contributed by atoms with Crippen molar-refractivity contribution in [2.24, 2.45) is 5.41 Å². The maximum absolute atomic E-state index is 10.5. The van der Waals surface area contributed by atoms with Gasteiger partial charge in [-0.15, -0.1) is 0 Å². The van der Waals surface area contributed by atoms with Gasteiger partial charge in [0.15, 0.2) is 0 Å². The molecule has 0 unspecified atom stereocenters. The molecule has 0 saturated carbocycles. The lowest BCUT2D eigenvalue weighted by Crippen LogP contribution is -2.29. The monoisotopic (exact) mass is 235 g/mol. The lowest BCUT2D eigenvalue weighted by Gasteiger charge is -2.24. The maximum atomic E-state index is 10.5. The fourth-order valence-electron chi connectivity index (χ4n) is 1.67. The van der Waals surface area contributed by atoms with Crippen LogP contribution in [0.2, 0.25) is 0 Å². The topological polar surface area (TPSA) is 49.3 Å². The summed E-state index contributed by atoms with van der Waals surface area (Å²) >= 11 is 0. The van der Waals surface area contributed by atoms with E-state index < -0.39 is 5.97 Å². The summed E-state index contributed by atoms with van der Waals surface area (Å²) in [7, 11) is 0. The molecule has 0 heterocycles. The number of hydrogen-bond donors (Lipinski definition) is 2. The van der Waals surface area contributed by atoms with E-state index in [4.69, 9.17) is 5.11 Å². The Labute approximate surface area is 103 Å². The number of carboxylic acid groups (broad SMARTS) is 1. The Morgan fingerprint density at radius 2 is 1.94 bits per heavy atom. The van der Waals surface area contributed by atoms with Crippen molar-refractivity contribution in [1.82, 2.24) is 5.32 Å². The molecule has 0 saturated heterocycles. The highest BCUT2D eigenvalue weighted by atomic mass is 16.4. The van der Waals surface area contributed by atoms with Gasteiger partial charge in [0.05, 0.1) is 0 Å². The second kappa shape index (κ2) is 6.40. The summed E-state index contributed by atoms with van der Waals surface area (Å²) in [6.45, 7) is 5.84. The van der Waals surface area contributed by atoms with Gasteiger partial charge in [-0.3, -0.25) is 4.79 Å². The molecule has 0 bridgehead atoms. The fourth-order valence-corrected chi connectivity index (χ4v) is 1.67. The van der Waals surface area contributed by atoms with E-state index in [1.807, 2.05) is 18.2 Å². The summed E-state index contributed by atoms with van der Waals surface area (Å²) in [4.78, 5) is 10.5. The van der Waals surface area contributed by atoms with Crippen molar-refractivity contribution in [3.05, 3.63) is 35.9 Å². The van der Waals surface area contributed by atoms with Crippen molar-refractivity contribution < 1.29 is 9.90 Å². The van der Waals surface area contributed by atoms with Gasteiger partial charge >= 0.3 is 5.97 Å². The molecular weight excluding hydrogens is 214 g/mol. The fraction of sp³-hybridized carbons (Fsp3) is 0.500. The van der Waals surface area contributed by atoms with E-state index in [1.54, 1.807) is 0 Å². The molecule has 94 valence electrons. The first-order valence-corrected chi connectivity index (χ1v) is 5.96. The molecule has 0 aromatic heterocycles. The van der Waals surface area contributed by atoms with Gasteiger partial charge in [0, 0.05) is 19.5 Å². The average Bonchev–Trinajstić information content (AvgIpc) is 2.28. The number of rotatable bonds is 7. The van der Waals surface area contributed by atoms with Crippen LogP contribution in [0.5, 0.6) is 0 Å². The van der Waals surface area contributed by atoms with Crippen LogP contribution in [0.25, 0.3) is 0 Å². The van der Waals surface area contributed by atoms with Crippen LogP contribution in [-0.2, 0) is 11.3 Å². The van der Waals surface area contributed by atoms with Gasteiger partial charge in [-0.1, -0.05) is 44.2 Å². The Bertz CT molecular complexity index is 346. The normalized spacial score (nSPS) is 11.4. The Morgan fingerprint density at radius 1 is 1.29 bits per heavy atom. The number of carbonyl (C=O) groups is 1. The number of aliphatic carboxylic acids is 1. The highest BCUT2D eigenvalue weighted by Crippen LogP contribution is 2.21. The van der Waals surface area contributed by atoms with Crippen LogP contribution in [0.1, 0.15) is 32.3 Å². The second-order valence-electron chi connectivity index (χ2n) is 5.15. The van der Waals surface area contributed by atoms with E-state index in [-0.39, 0.29) is 11.8 Å². The van der Waals surface area contributed by atoms with Gasteiger partial charge in [0.25, 0.3) is 0 Å². The van der Waals surface area contributed by atoms with E-state index >= 15 is 0 Å². The average molecular weight is 235 g/mol. The molecule has 1 aromatic carbocycles. The number of nitrogens with one attached hydrogen (secondary N) is 1. The van der Waals surface area contributed by atoms with E-state index in [1.165, 1.54) is 5.56 Å². The van der Waals surface area contributed by atoms with E-state index in [9.17, 15) is 4.79 Å². The Hall–Kier alpha value is -1.35. The minimum absolute atomic E-state index is 0.0210. The number of benzene rings is 1. The van der Waals surface area contributed by atoms with Gasteiger partial charge in [-0.25, -0.2) is 0 Å². The minimum Gasteiger partial charge on any atom is -0.481 e. The van der Waals surface area contributed by atoms with Gasteiger partial charge < -0.3 is 10.4 Å². The lowest BCUT2D eigenvalue weighted by atomic mass is 9.88. The smallest absolute Gasteiger partial charge is 0.303 e. The van der Waals surface area contributed by atoms with Gasteiger partial charge in [0.1, 0.15) is 0 Å².